The number of hydrogen-bond donors (Lipinski definition) is 1. The number of amides is 1. The first-order valence-corrected chi connectivity index (χ1v) is 11.2. The Hall–Kier alpha value is -1.80. The summed E-state index contributed by atoms with van der Waals surface area (Å²) < 4.78 is 22.5. The SMILES string of the molecule is CCOC(=O)OC1=C(c2c(C)cc(Cl)cc2Cl)C(=O)NC12CCC1(CC2)OCCCO1. The van der Waals surface area contributed by atoms with Crippen molar-refractivity contribution in [2.24, 2.45) is 0 Å². The second kappa shape index (κ2) is 8.62. The Morgan fingerprint density at radius 3 is 2.45 bits per heavy atom. The molecule has 2 spiro atoms. The summed E-state index contributed by atoms with van der Waals surface area (Å²) in [7, 11) is 0. The molecule has 2 fully saturated rings. The maximum absolute atomic E-state index is 13.2. The van der Waals surface area contributed by atoms with Gasteiger partial charge in [-0.1, -0.05) is 23.2 Å². The van der Waals surface area contributed by atoms with E-state index in [4.69, 9.17) is 42.1 Å². The lowest BCUT2D eigenvalue weighted by Gasteiger charge is -2.46. The van der Waals surface area contributed by atoms with Crippen molar-refractivity contribution >= 4 is 40.8 Å². The van der Waals surface area contributed by atoms with Gasteiger partial charge in [0.05, 0.1) is 36.0 Å². The van der Waals surface area contributed by atoms with Crippen molar-refractivity contribution in [2.75, 3.05) is 19.8 Å². The number of carbonyl (C=O) groups is 2. The van der Waals surface area contributed by atoms with E-state index >= 15 is 0 Å². The van der Waals surface area contributed by atoms with Crippen molar-refractivity contribution in [3.05, 3.63) is 39.1 Å². The molecule has 9 heteroatoms. The van der Waals surface area contributed by atoms with E-state index in [-0.39, 0.29) is 23.8 Å². The molecule has 3 aliphatic rings. The number of nitrogens with one attached hydrogen (secondary N) is 1. The van der Waals surface area contributed by atoms with Crippen LogP contribution in [0.15, 0.2) is 17.9 Å². The molecule has 168 valence electrons. The standard InChI is InChI=1S/C22H25Cl2NO6/c1-3-28-20(27)31-18-17(16-13(2)11-14(23)12-15(16)24)19(26)25-21(18)5-7-22(8-6-21)29-9-4-10-30-22/h11-12H,3-10H2,1-2H3,(H,25,26). The molecule has 1 aromatic carbocycles. The van der Waals surface area contributed by atoms with Gasteiger partial charge in [0, 0.05) is 23.4 Å². The molecule has 2 heterocycles. The van der Waals surface area contributed by atoms with Crippen LogP contribution >= 0.6 is 23.2 Å². The van der Waals surface area contributed by atoms with Crippen molar-refractivity contribution in [2.45, 2.75) is 57.3 Å². The Labute approximate surface area is 190 Å². The predicted octanol–water partition coefficient (Wildman–Crippen LogP) is 4.76. The van der Waals surface area contributed by atoms with Gasteiger partial charge in [0.25, 0.3) is 5.91 Å². The van der Waals surface area contributed by atoms with Gasteiger partial charge in [-0.3, -0.25) is 4.79 Å². The van der Waals surface area contributed by atoms with Gasteiger partial charge in [0.15, 0.2) is 11.5 Å². The number of aryl methyl sites for hydroxylation is 1. The second-order valence-corrected chi connectivity index (χ2v) is 8.91. The van der Waals surface area contributed by atoms with Crippen LogP contribution in [-0.2, 0) is 23.7 Å². The van der Waals surface area contributed by atoms with Crippen LogP contribution in [0, 0.1) is 6.92 Å². The van der Waals surface area contributed by atoms with Gasteiger partial charge in [0.1, 0.15) is 0 Å². The molecule has 4 rings (SSSR count). The molecular formula is C22H25Cl2NO6. The van der Waals surface area contributed by atoms with Crippen LogP contribution in [0.4, 0.5) is 4.79 Å². The van der Waals surface area contributed by atoms with Crippen molar-refractivity contribution < 1.29 is 28.5 Å². The minimum atomic E-state index is -0.871. The fourth-order valence-corrected chi connectivity index (χ4v) is 5.31. The summed E-state index contributed by atoms with van der Waals surface area (Å²) in [6, 6.07) is 3.29. The summed E-state index contributed by atoms with van der Waals surface area (Å²) >= 11 is 12.6. The van der Waals surface area contributed by atoms with Crippen molar-refractivity contribution in [3.63, 3.8) is 0 Å². The number of carbonyl (C=O) groups excluding carboxylic acids is 2. The smallest absolute Gasteiger partial charge is 0.434 e. The lowest BCUT2D eigenvalue weighted by atomic mass is 9.77. The van der Waals surface area contributed by atoms with E-state index in [1.165, 1.54) is 0 Å². The Balaban J connectivity index is 1.76. The highest BCUT2D eigenvalue weighted by atomic mass is 35.5. The number of ether oxygens (including phenoxy) is 4. The van der Waals surface area contributed by atoms with Crippen LogP contribution < -0.4 is 5.32 Å². The monoisotopic (exact) mass is 469 g/mol. The van der Waals surface area contributed by atoms with E-state index in [0.29, 0.717) is 60.1 Å². The molecule has 0 aromatic heterocycles. The van der Waals surface area contributed by atoms with Gasteiger partial charge < -0.3 is 24.3 Å². The van der Waals surface area contributed by atoms with Crippen LogP contribution in [-0.4, -0.2) is 43.2 Å². The first-order valence-electron chi connectivity index (χ1n) is 10.4. The topological polar surface area (TPSA) is 83.1 Å². The zero-order chi connectivity index (χ0) is 22.2. The minimum absolute atomic E-state index is 0.154. The van der Waals surface area contributed by atoms with Gasteiger partial charge in [-0.15, -0.1) is 0 Å². The summed E-state index contributed by atoms with van der Waals surface area (Å²) in [6.45, 7) is 4.94. The lowest BCUT2D eigenvalue weighted by molar-refractivity contribution is -0.284. The Kier molecular flexibility index (Phi) is 6.23. The normalized spacial score (nSPS) is 22.0. The van der Waals surface area contributed by atoms with E-state index in [9.17, 15) is 9.59 Å². The average Bonchev–Trinajstić information content (AvgIpc) is 2.96. The molecule has 2 aliphatic heterocycles. The summed E-state index contributed by atoms with van der Waals surface area (Å²) in [5.41, 5.74) is 0.555. The first-order chi connectivity index (χ1) is 14.8. The number of rotatable bonds is 3. The Morgan fingerprint density at radius 1 is 1.16 bits per heavy atom. The molecular weight excluding hydrogens is 445 g/mol. The van der Waals surface area contributed by atoms with Crippen LogP contribution in [0.25, 0.3) is 5.57 Å². The summed E-state index contributed by atoms with van der Waals surface area (Å²) in [5, 5.41) is 3.82. The van der Waals surface area contributed by atoms with Crippen LogP contribution in [0.5, 0.6) is 0 Å². The number of benzene rings is 1. The van der Waals surface area contributed by atoms with Crippen LogP contribution in [0.2, 0.25) is 10.0 Å². The summed E-state index contributed by atoms with van der Waals surface area (Å²) in [6.07, 6.45) is 2.09. The van der Waals surface area contributed by atoms with Gasteiger partial charge in [-0.05, 0) is 50.8 Å². The molecule has 1 amide bonds. The molecule has 1 saturated heterocycles. The third kappa shape index (κ3) is 4.16. The van der Waals surface area contributed by atoms with E-state index in [2.05, 4.69) is 5.32 Å². The fourth-order valence-electron chi connectivity index (χ4n) is 4.62. The quantitative estimate of drug-likeness (QED) is 0.642. The van der Waals surface area contributed by atoms with Gasteiger partial charge in [0.2, 0.25) is 0 Å². The number of hydrogen-bond acceptors (Lipinski definition) is 6. The maximum Gasteiger partial charge on any atom is 0.513 e. The maximum atomic E-state index is 13.2. The van der Waals surface area contributed by atoms with Crippen LogP contribution in [0.1, 0.15) is 50.2 Å². The largest absolute Gasteiger partial charge is 0.513 e. The average molecular weight is 470 g/mol. The Bertz CT molecular complexity index is 905. The molecule has 7 nitrogen and oxygen atoms in total. The van der Waals surface area contributed by atoms with E-state index in [1.54, 1.807) is 26.0 Å². The lowest BCUT2D eigenvalue weighted by Crippen LogP contribution is -2.54. The van der Waals surface area contributed by atoms with Crippen LogP contribution in [0.3, 0.4) is 0 Å². The zero-order valence-electron chi connectivity index (χ0n) is 17.5. The van der Waals surface area contributed by atoms with Gasteiger partial charge in [-0.25, -0.2) is 4.79 Å². The molecule has 1 aliphatic carbocycles. The van der Waals surface area contributed by atoms with E-state index < -0.39 is 17.5 Å². The highest BCUT2D eigenvalue weighted by Gasteiger charge is 2.54. The van der Waals surface area contributed by atoms with Crippen molar-refractivity contribution in [3.8, 4) is 0 Å². The molecule has 0 bridgehead atoms. The molecule has 1 aromatic rings. The molecule has 0 atom stereocenters. The molecule has 0 radical (unpaired) electrons. The second-order valence-electron chi connectivity index (χ2n) is 8.07. The molecule has 1 saturated carbocycles. The predicted molar refractivity (Wildman–Crippen MR) is 115 cm³/mol. The van der Waals surface area contributed by atoms with Crippen molar-refractivity contribution in [1.29, 1.82) is 0 Å². The fraction of sp³-hybridized carbons (Fsp3) is 0.545. The van der Waals surface area contributed by atoms with Gasteiger partial charge >= 0.3 is 6.16 Å². The minimum Gasteiger partial charge on any atom is -0.434 e. The third-order valence-electron chi connectivity index (χ3n) is 6.08. The molecule has 1 N–H and O–H groups in total. The van der Waals surface area contributed by atoms with Gasteiger partial charge in [-0.2, -0.15) is 0 Å². The van der Waals surface area contributed by atoms with E-state index in [0.717, 1.165) is 6.42 Å². The first kappa shape index (κ1) is 22.4. The summed E-state index contributed by atoms with van der Waals surface area (Å²) in [5.74, 6) is -0.776. The highest BCUT2D eigenvalue weighted by Crippen LogP contribution is 2.49. The van der Waals surface area contributed by atoms with E-state index in [1.807, 2.05) is 0 Å². The zero-order valence-corrected chi connectivity index (χ0v) is 19.0. The highest BCUT2D eigenvalue weighted by molar-refractivity contribution is 6.38. The molecule has 0 unspecified atom stereocenters. The Morgan fingerprint density at radius 2 is 1.84 bits per heavy atom. The third-order valence-corrected chi connectivity index (χ3v) is 6.59. The summed E-state index contributed by atoms with van der Waals surface area (Å²) in [4.78, 5) is 25.5. The van der Waals surface area contributed by atoms with Crippen molar-refractivity contribution in [1.82, 2.24) is 5.32 Å². The number of halogens is 2. The molecule has 31 heavy (non-hydrogen) atoms.